The molecule has 0 aliphatic carbocycles. The minimum atomic E-state index is -4.05. The van der Waals surface area contributed by atoms with Gasteiger partial charge in [0.2, 0.25) is 5.91 Å². The van der Waals surface area contributed by atoms with Crippen LogP contribution in [0.1, 0.15) is 12.5 Å². The molecule has 0 saturated carbocycles. The Labute approximate surface area is 204 Å². The first-order valence-electron chi connectivity index (χ1n) is 10.2. The molecule has 0 heterocycles. The van der Waals surface area contributed by atoms with E-state index < -0.39 is 22.5 Å². The number of nitrogens with zero attached hydrogens (tertiary/aromatic N) is 1. The van der Waals surface area contributed by atoms with E-state index in [1.54, 1.807) is 42.1 Å². The van der Waals surface area contributed by atoms with Gasteiger partial charge in [0.05, 0.1) is 28.4 Å². The summed E-state index contributed by atoms with van der Waals surface area (Å²) in [7, 11) is -2.57. The zero-order valence-corrected chi connectivity index (χ0v) is 20.9. The SMILES string of the molecule is CCSc1ccccc1NC(=O)CN(c1ccc(OC)c(Cl)c1)S(=O)(=O)c1ccc(C)cc1. The molecule has 0 aliphatic rings. The van der Waals surface area contributed by atoms with E-state index in [4.69, 9.17) is 16.3 Å². The number of ether oxygens (including phenoxy) is 1. The van der Waals surface area contributed by atoms with Crippen molar-refractivity contribution in [3.8, 4) is 5.75 Å². The quantitative estimate of drug-likeness (QED) is 0.384. The summed E-state index contributed by atoms with van der Waals surface area (Å²) in [4.78, 5) is 14.0. The van der Waals surface area contributed by atoms with Crippen molar-refractivity contribution >= 4 is 50.7 Å². The van der Waals surface area contributed by atoms with Gasteiger partial charge >= 0.3 is 0 Å². The van der Waals surface area contributed by atoms with Crippen molar-refractivity contribution < 1.29 is 17.9 Å². The van der Waals surface area contributed by atoms with Crippen LogP contribution in [0, 0.1) is 6.92 Å². The first kappa shape index (κ1) is 25.0. The van der Waals surface area contributed by atoms with E-state index in [-0.39, 0.29) is 15.6 Å². The van der Waals surface area contributed by atoms with E-state index in [1.165, 1.54) is 25.3 Å². The Morgan fingerprint density at radius 2 is 1.79 bits per heavy atom. The fraction of sp³-hybridized carbons (Fsp3) is 0.208. The van der Waals surface area contributed by atoms with Crippen LogP contribution in [-0.2, 0) is 14.8 Å². The number of hydrogen-bond donors (Lipinski definition) is 1. The number of nitrogens with one attached hydrogen (secondary N) is 1. The van der Waals surface area contributed by atoms with Gasteiger partial charge in [-0.1, -0.05) is 48.4 Å². The van der Waals surface area contributed by atoms with Gasteiger partial charge in [-0.25, -0.2) is 8.42 Å². The second-order valence-corrected chi connectivity index (χ2v) is 10.7. The highest BCUT2D eigenvalue weighted by atomic mass is 35.5. The number of sulfonamides is 1. The van der Waals surface area contributed by atoms with Gasteiger partial charge in [-0.2, -0.15) is 0 Å². The number of benzene rings is 3. The fourth-order valence-corrected chi connectivity index (χ4v) is 5.56. The predicted molar refractivity (Wildman–Crippen MR) is 135 cm³/mol. The predicted octanol–water partition coefficient (Wildman–Crippen LogP) is 5.60. The van der Waals surface area contributed by atoms with Gasteiger partial charge in [0.25, 0.3) is 10.0 Å². The van der Waals surface area contributed by atoms with E-state index in [2.05, 4.69) is 5.32 Å². The molecule has 0 saturated heterocycles. The molecule has 0 aliphatic heterocycles. The van der Waals surface area contributed by atoms with Crippen LogP contribution >= 0.6 is 23.4 Å². The molecule has 6 nitrogen and oxygen atoms in total. The summed E-state index contributed by atoms with van der Waals surface area (Å²) in [6, 6.07) is 18.5. The van der Waals surface area contributed by atoms with E-state index in [0.717, 1.165) is 20.5 Å². The van der Waals surface area contributed by atoms with Crippen molar-refractivity contribution in [2.45, 2.75) is 23.6 Å². The zero-order valence-electron chi connectivity index (χ0n) is 18.5. The highest BCUT2D eigenvalue weighted by molar-refractivity contribution is 7.99. The third-order valence-corrected chi connectivity index (χ3v) is 7.82. The average Bonchev–Trinajstić information content (AvgIpc) is 2.79. The molecule has 3 rings (SSSR count). The van der Waals surface area contributed by atoms with Gasteiger partial charge in [-0.3, -0.25) is 9.10 Å². The number of rotatable bonds is 9. The lowest BCUT2D eigenvalue weighted by Crippen LogP contribution is -2.38. The van der Waals surface area contributed by atoms with Gasteiger partial charge in [-0.05, 0) is 55.1 Å². The van der Waals surface area contributed by atoms with E-state index in [9.17, 15) is 13.2 Å². The molecule has 9 heteroatoms. The van der Waals surface area contributed by atoms with Crippen molar-refractivity contribution in [3.63, 3.8) is 0 Å². The van der Waals surface area contributed by atoms with Crippen molar-refractivity contribution in [3.05, 3.63) is 77.3 Å². The fourth-order valence-electron chi connectivity index (χ4n) is 3.13. The van der Waals surface area contributed by atoms with Crippen LogP contribution in [0.15, 0.2) is 76.5 Å². The van der Waals surface area contributed by atoms with Crippen LogP contribution in [0.4, 0.5) is 11.4 Å². The second-order valence-electron chi connectivity index (χ2n) is 7.12. The lowest BCUT2D eigenvalue weighted by molar-refractivity contribution is -0.114. The summed E-state index contributed by atoms with van der Waals surface area (Å²) < 4.78 is 33.3. The molecule has 174 valence electrons. The molecule has 0 atom stereocenters. The molecule has 3 aromatic rings. The maximum atomic E-state index is 13.5. The number of para-hydroxylation sites is 1. The molecule has 0 fully saturated rings. The maximum absolute atomic E-state index is 13.5. The Morgan fingerprint density at radius 3 is 2.42 bits per heavy atom. The van der Waals surface area contributed by atoms with Gasteiger partial charge < -0.3 is 10.1 Å². The minimum absolute atomic E-state index is 0.0785. The second kappa shape index (κ2) is 11.0. The third-order valence-electron chi connectivity index (χ3n) is 4.78. The summed E-state index contributed by atoms with van der Waals surface area (Å²) in [5.41, 5.74) is 1.82. The van der Waals surface area contributed by atoms with Crippen LogP contribution < -0.4 is 14.4 Å². The summed E-state index contributed by atoms with van der Waals surface area (Å²) in [6.45, 7) is 3.47. The van der Waals surface area contributed by atoms with E-state index in [0.29, 0.717) is 11.4 Å². The first-order valence-corrected chi connectivity index (χ1v) is 13.0. The number of anilines is 2. The van der Waals surface area contributed by atoms with Gasteiger partial charge in [0.1, 0.15) is 12.3 Å². The molecular weight excluding hydrogens is 480 g/mol. The summed E-state index contributed by atoms with van der Waals surface area (Å²) >= 11 is 7.85. The molecule has 0 unspecified atom stereocenters. The van der Waals surface area contributed by atoms with Gasteiger partial charge in [0.15, 0.2) is 0 Å². The largest absolute Gasteiger partial charge is 0.495 e. The van der Waals surface area contributed by atoms with Crippen LogP contribution in [-0.4, -0.2) is 33.7 Å². The number of carbonyl (C=O) groups excluding carboxylic acids is 1. The van der Waals surface area contributed by atoms with Crippen LogP contribution in [0.3, 0.4) is 0 Å². The van der Waals surface area contributed by atoms with Gasteiger partial charge in [0, 0.05) is 4.90 Å². The number of methoxy groups -OCH3 is 1. The molecule has 3 aromatic carbocycles. The molecule has 0 aromatic heterocycles. The van der Waals surface area contributed by atoms with Crippen molar-refractivity contribution in [1.82, 2.24) is 0 Å². The number of aryl methyl sites for hydroxylation is 1. The summed E-state index contributed by atoms with van der Waals surface area (Å²) in [5, 5.41) is 3.08. The topological polar surface area (TPSA) is 75.7 Å². The molecule has 33 heavy (non-hydrogen) atoms. The lowest BCUT2D eigenvalue weighted by atomic mass is 10.2. The number of halogens is 1. The van der Waals surface area contributed by atoms with Crippen molar-refractivity contribution in [1.29, 1.82) is 0 Å². The van der Waals surface area contributed by atoms with Crippen molar-refractivity contribution in [2.24, 2.45) is 0 Å². The Balaban J connectivity index is 1.98. The Bertz CT molecular complexity index is 1230. The van der Waals surface area contributed by atoms with Gasteiger partial charge in [-0.15, -0.1) is 11.8 Å². The zero-order chi connectivity index (χ0) is 24.0. The normalized spacial score (nSPS) is 11.2. The Hall–Kier alpha value is -2.68. The standard InChI is InChI=1S/C24H25ClN2O4S2/c1-4-32-23-8-6-5-7-21(23)26-24(28)16-27(18-11-14-22(31-3)20(25)15-18)33(29,30)19-12-9-17(2)10-13-19/h5-15H,4,16H2,1-3H3,(H,26,28). The smallest absolute Gasteiger partial charge is 0.264 e. The number of thioether (sulfide) groups is 1. The number of hydrogen-bond acceptors (Lipinski definition) is 5. The number of carbonyl (C=O) groups is 1. The van der Waals surface area contributed by atoms with E-state index >= 15 is 0 Å². The Morgan fingerprint density at radius 1 is 1.09 bits per heavy atom. The highest BCUT2D eigenvalue weighted by Crippen LogP contribution is 2.32. The van der Waals surface area contributed by atoms with Crippen LogP contribution in [0.2, 0.25) is 5.02 Å². The summed E-state index contributed by atoms with van der Waals surface area (Å²) in [5.74, 6) is 0.773. The molecule has 1 amide bonds. The Kier molecular flexibility index (Phi) is 8.29. The molecule has 0 radical (unpaired) electrons. The summed E-state index contributed by atoms with van der Waals surface area (Å²) in [6.07, 6.45) is 0. The maximum Gasteiger partial charge on any atom is 0.264 e. The third kappa shape index (κ3) is 6.01. The highest BCUT2D eigenvalue weighted by Gasteiger charge is 2.28. The van der Waals surface area contributed by atoms with E-state index in [1.807, 2.05) is 32.0 Å². The monoisotopic (exact) mass is 504 g/mol. The lowest BCUT2D eigenvalue weighted by Gasteiger charge is -2.25. The molecule has 1 N–H and O–H groups in total. The minimum Gasteiger partial charge on any atom is -0.495 e. The molecule has 0 spiro atoms. The first-order chi connectivity index (χ1) is 15.8. The van der Waals surface area contributed by atoms with Crippen LogP contribution in [0.25, 0.3) is 0 Å². The molecular formula is C24H25ClN2O4S2. The van der Waals surface area contributed by atoms with Crippen LogP contribution in [0.5, 0.6) is 5.75 Å². The molecule has 0 bridgehead atoms. The number of amides is 1. The average molecular weight is 505 g/mol. The van der Waals surface area contributed by atoms with Crippen molar-refractivity contribution in [2.75, 3.05) is 29.0 Å².